The van der Waals surface area contributed by atoms with Crippen LogP contribution in [0.1, 0.15) is 85.2 Å². The fourth-order valence-electron chi connectivity index (χ4n) is 7.85. The van der Waals surface area contributed by atoms with Crippen molar-refractivity contribution >= 4 is 34.8 Å². The Bertz CT molecular complexity index is 2160. The van der Waals surface area contributed by atoms with E-state index in [0.717, 1.165) is 52.0 Å². The molecule has 0 radical (unpaired) electrons. The number of hydrogen-bond donors (Lipinski definition) is 5. The van der Waals surface area contributed by atoms with Crippen LogP contribution in [-0.4, -0.2) is 52.7 Å². The third-order valence-corrected chi connectivity index (χ3v) is 11.6. The van der Waals surface area contributed by atoms with E-state index in [9.17, 15) is 19.8 Å². The van der Waals surface area contributed by atoms with Gasteiger partial charge in [-0.1, -0.05) is 103 Å². The number of anilines is 2. The van der Waals surface area contributed by atoms with Gasteiger partial charge < -0.3 is 41.0 Å². The van der Waals surface area contributed by atoms with Crippen molar-refractivity contribution in [2.75, 3.05) is 30.7 Å². The number of hydrogen-bond acceptors (Lipinski definition) is 8. The molecule has 10 nitrogen and oxygen atoms in total. The van der Waals surface area contributed by atoms with Crippen molar-refractivity contribution in [3.8, 4) is 11.1 Å². The number of carbonyl (C=O) groups excluding carboxylic acids is 2. The zero-order chi connectivity index (χ0) is 41.2. The number of unbranched alkanes of at least 4 members (excludes halogenated alkanes) is 1. The number of carbonyl (C=O) groups is 2. The van der Waals surface area contributed by atoms with Gasteiger partial charge in [0.05, 0.1) is 35.8 Å². The van der Waals surface area contributed by atoms with Crippen molar-refractivity contribution in [1.82, 2.24) is 10.2 Å². The van der Waals surface area contributed by atoms with Crippen LogP contribution in [0.15, 0.2) is 121 Å². The van der Waals surface area contributed by atoms with Gasteiger partial charge in [0, 0.05) is 56.0 Å². The van der Waals surface area contributed by atoms with Crippen LogP contribution in [0.2, 0.25) is 5.02 Å². The minimum Gasteiger partial charge on any atom is -0.397 e. The van der Waals surface area contributed by atoms with Gasteiger partial charge in [0.15, 0.2) is 6.29 Å². The minimum absolute atomic E-state index is 0.0169. The van der Waals surface area contributed by atoms with Crippen LogP contribution in [0.4, 0.5) is 11.4 Å². The number of aliphatic hydroxyl groups excluding tert-OH is 1. The van der Waals surface area contributed by atoms with E-state index in [-0.39, 0.29) is 30.6 Å². The molecule has 6 N–H and O–H groups in total. The Morgan fingerprint density at radius 3 is 2.19 bits per heavy atom. The van der Waals surface area contributed by atoms with E-state index in [4.69, 9.17) is 26.8 Å². The SMILES string of the molecule is Nc1ccccc1NC(=O)CCCCC(=O)NCc1cccc(-c2ccc([C@@H]3O[C@H](CN4CCC(O)(c5ccc(Cl)cc5)CC4)C[C@H](c4ccc(CO)cc4)O3)cc2)c1. The summed E-state index contributed by atoms with van der Waals surface area (Å²) in [5.74, 6) is -0.175. The lowest BCUT2D eigenvalue weighted by Crippen LogP contribution is -2.46. The molecule has 5 aromatic rings. The predicted molar refractivity (Wildman–Crippen MR) is 231 cm³/mol. The summed E-state index contributed by atoms with van der Waals surface area (Å²) in [4.78, 5) is 27.3. The number of piperidine rings is 1. The lowest BCUT2D eigenvalue weighted by atomic mass is 9.84. The molecule has 5 aromatic carbocycles. The van der Waals surface area contributed by atoms with E-state index < -0.39 is 11.9 Å². The van der Waals surface area contributed by atoms with Gasteiger partial charge in [-0.15, -0.1) is 0 Å². The third kappa shape index (κ3) is 11.4. The van der Waals surface area contributed by atoms with Gasteiger partial charge in [-0.2, -0.15) is 0 Å². The Labute approximate surface area is 351 Å². The maximum absolute atomic E-state index is 12.6. The molecule has 0 bridgehead atoms. The summed E-state index contributed by atoms with van der Waals surface area (Å²) in [7, 11) is 0. The van der Waals surface area contributed by atoms with Crippen molar-refractivity contribution in [2.45, 2.75) is 82.2 Å². The molecular weight excluding hydrogens is 764 g/mol. The molecule has 59 heavy (non-hydrogen) atoms. The molecule has 7 rings (SSSR count). The number of aliphatic hydroxyl groups is 2. The largest absolute Gasteiger partial charge is 0.397 e. The van der Waals surface area contributed by atoms with Gasteiger partial charge in [-0.25, -0.2) is 0 Å². The Morgan fingerprint density at radius 1 is 0.780 bits per heavy atom. The van der Waals surface area contributed by atoms with Gasteiger partial charge >= 0.3 is 0 Å². The highest BCUT2D eigenvalue weighted by molar-refractivity contribution is 6.30. The first-order valence-electron chi connectivity index (χ1n) is 20.5. The zero-order valence-corrected chi connectivity index (χ0v) is 34.0. The zero-order valence-electron chi connectivity index (χ0n) is 33.2. The summed E-state index contributed by atoms with van der Waals surface area (Å²) < 4.78 is 13.3. The van der Waals surface area contributed by atoms with Gasteiger partial charge in [-0.05, 0) is 89.4 Å². The van der Waals surface area contributed by atoms with Crippen LogP contribution in [0.25, 0.3) is 11.1 Å². The van der Waals surface area contributed by atoms with Crippen LogP contribution < -0.4 is 16.4 Å². The molecule has 2 fully saturated rings. The van der Waals surface area contributed by atoms with E-state index in [1.54, 1.807) is 12.1 Å². The molecule has 11 heteroatoms. The Balaban J connectivity index is 0.934. The van der Waals surface area contributed by atoms with Gasteiger partial charge in [-0.3, -0.25) is 9.59 Å². The highest BCUT2D eigenvalue weighted by atomic mass is 35.5. The quantitative estimate of drug-likeness (QED) is 0.0523. The second-order valence-electron chi connectivity index (χ2n) is 15.6. The van der Waals surface area contributed by atoms with E-state index in [0.29, 0.717) is 74.4 Å². The Morgan fingerprint density at radius 2 is 1.47 bits per heavy atom. The lowest BCUT2D eigenvalue weighted by molar-refractivity contribution is -0.253. The van der Waals surface area contributed by atoms with Crippen molar-refractivity contribution < 1.29 is 29.3 Å². The molecule has 0 aromatic heterocycles. The molecule has 0 unspecified atom stereocenters. The van der Waals surface area contributed by atoms with Crippen LogP contribution in [0.5, 0.6) is 0 Å². The summed E-state index contributed by atoms with van der Waals surface area (Å²) in [5.41, 5.74) is 12.9. The first-order chi connectivity index (χ1) is 28.6. The number of benzene rings is 5. The number of nitrogens with zero attached hydrogens (tertiary/aromatic N) is 1. The number of ether oxygens (including phenoxy) is 2. The molecular formula is C48H53ClN4O6. The second-order valence-corrected chi connectivity index (χ2v) is 16.1. The maximum Gasteiger partial charge on any atom is 0.224 e. The fraction of sp³-hybridized carbons (Fsp3) is 0.333. The molecule has 2 saturated heterocycles. The molecule has 2 heterocycles. The summed E-state index contributed by atoms with van der Waals surface area (Å²) in [6, 6.07) is 38.9. The van der Waals surface area contributed by atoms with Crippen LogP contribution >= 0.6 is 11.6 Å². The number of nitrogen functional groups attached to an aromatic ring is 1. The average Bonchev–Trinajstić information content (AvgIpc) is 3.26. The number of nitrogens with two attached hydrogens (primary N) is 1. The topological polar surface area (TPSA) is 146 Å². The normalized spacial score (nSPS) is 19.2. The van der Waals surface area contributed by atoms with E-state index in [2.05, 4.69) is 39.8 Å². The first kappa shape index (κ1) is 42.1. The monoisotopic (exact) mass is 816 g/mol. The molecule has 2 amide bonds. The van der Waals surface area contributed by atoms with Crippen molar-refractivity contribution in [2.24, 2.45) is 0 Å². The van der Waals surface area contributed by atoms with Gasteiger partial charge in [0.25, 0.3) is 0 Å². The molecule has 0 saturated carbocycles. The lowest BCUT2D eigenvalue weighted by Gasteiger charge is -2.42. The Kier molecular flexibility index (Phi) is 14.1. The van der Waals surface area contributed by atoms with Crippen molar-refractivity contribution in [3.63, 3.8) is 0 Å². The summed E-state index contributed by atoms with van der Waals surface area (Å²) in [5, 5.41) is 27.6. The highest BCUT2D eigenvalue weighted by Gasteiger charge is 2.37. The number of likely N-dealkylation sites (tertiary alicyclic amines) is 1. The number of nitrogens with one attached hydrogen (secondary N) is 2. The molecule has 2 aliphatic heterocycles. The van der Waals surface area contributed by atoms with Crippen LogP contribution in [0, 0.1) is 0 Å². The van der Waals surface area contributed by atoms with E-state index >= 15 is 0 Å². The third-order valence-electron chi connectivity index (χ3n) is 11.4. The first-order valence-corrected chi connectivity index (χ1v) is 20.8. The second kappa shape index (κ2) is 19.8. The molecule has 2 aliphatic rings. The molecule has 0 aliphatic carbocycles. The molecule has 0 spiro atoms. The van der Waals surface area contributed by atoms with Crippen LogP contribution in [0.3, 0.4) is 0 Å². The van der Waals surface area contributed by atoms with Crippen molar-refractivity contribution in [1.29, 1.82) is 0 Å². The average molecular weight is 817 g/mol. The molecule has 308 valence electrons. The summed E-state index contributed by atoms with van der Waals surface area (Å²) in [6.07, 6.45) is 2.89. The smallest absolute Gasteiger partial charge is 0.224 e. The fourth-order valence-corrected chi connectivity index (χ4v) is 7.98. The number of halogens is 1. The number of amides is 2. The van der Waals surface area contributed by atoms with E-state index in [1.807, 2.05) is 84.9 Å². The summed E-state index contributed by atoms with van der Waals surface area (Å²) >= 11 is 6.11. The van der Waals surface area contributed by atoms with Crippen LogP contribution in [-0.2, 0) is 37.8 Å². The number of rotatable bonds is 15. The Hall–Kier alpha value is -5.07. The maximum atomic E-state index is 12.6. The van der Waals surface area contributed by atoms with Gasteiger partial charge in [0.2, 0.25) is 11.8 Å². The van der Waals surface area contributed by atoms with E-state index in [1.165, 1.54) is 0 Å². The minimum atomic E-state index is -0.881. The standard InChI is InChI=1S/C48H53ClN4O6/c49-40-22-20-39(21-23-40)48(57)24-26-53(27-25-48)31-41-29-44(36-14-12-33(32-54)13-15-36)59-47(58-41)37-18-16-35(17-19-37)38-7-5-6-34(28-38)30-51-45(55)10-3-4-11-46(56)52-43-9-2-1-8-42(43)50/h1-2,5-9,12-23,28,41,44,47,54,57H,3-4,10-11,24-27,29-32,50H2,(H,51,55)(H,52,56)/t41-,44+,47+/m0/s1. The number of para-hydroxylation sites is 2. The van der Waals surface area contributed by atoms with Crippen molar-refractivity contribution in [3.05, 3.63) is 154 Å². The predicted octanol–water partition coefficient (Wildman–Crippen LogP) is 8.43. The highest BCUT2D eigenvalue weighted by Crippen LogP contribution is 2.40. The van der Waals surface area contributed by atoms with Gasteiger partial charge in [0.1, 0.15) is 0 Å². The molecule has 3 atom stereocenters. The summed E-state index contributed by atoms with van der Waals surface area (Å²) in [6.45, 7) is 2.58.